The second-order valence-corrected chi connectivity index (χ2v) is 6.86. The zero-order chi connectivity index (χ0) is 14.8. The van der Waals surface area contributed by atoms with Crippen LogP contribution in [0.5, 0.6) is 0 Å². The van der Waals surface area contributed by atoms with Crippen LogP contribution in [0.3, 0.4) is 0 Å². The van der Waals surface area contributed by atoms with Crippen molar-refractivity contribution in [2.75, 3.05) is 26.7 Å². The maximum absolute atomic E-state index is 3.70. The first-order valence-corrected chi connectivity index (χ1v) is 8.00. The summed E-state index contributed by atoms with van der Waals surface area (Å²) in [6.45, 7) is 14.8. The highest BCUT2D eigenvalue weighted by Crippen LogP contribution is 2.29. The van der Waals surface area contributed by atoms with Crippen molar-refractivity contribution in [1.82, 2.24) is 14.8 Å². The van der Waals surface area contributed by atoms with E-state index < -0.39 is 0 Å². The van der Waals surface area contributed by atoms with Crippen molar-refractivity contribution in [2.45, 2.75) is 53.6 Å². The van der Waals surface area contributed by atoms with Crippen LogP contribution in [-0.2, 0) is 13.1 Å². The molecule has 0 amide bonds. The predicted octanol–water partition coefficient (Wildman–Crippen LogP) is 2.95. The summed E-state index contributed by atoms with van der Waals surface area (Å²) in [6.07, 6.45) is 2.62. The predicted molar refractivity (Wildman–Crippen MR) is 86.1 cm³/mol. The van der Waals surface area contributed by atoms with E-state index in [1.54, 1.807) is 0 Å². The molecule has 0 atom stereocenters. The van der Waals surface area contributed by atoms with Gasteiger partial charge in [-0.05, 0) is 70.8 Å². The fourth-order valence-corrected chi connectivity index (χ4v) is 3.37. The number of hydrogen-bond donors (Lipinski definition) is 1. The van der Waals surface area contributed by atoms with Crippen molar-refractivity contribution in [3.8, 4) is 0 Å². The SMILES string of the molecule is CCn1c(C)cc(CNCC2(C)CCN(C)CC2)c1C. The lowest BCUT2D eigenvalue weighted by Gasteiger charge is -2.38. The summed E-state index contributed by atoms with van der Waals surface area (Å²) >= 11 is 0. The van der Waals surface area contributed by atoms with Gasteiger partial charge < -0.3 is 14.8 Å². The lowest BCUT2D eigenvalue weighted by atomic mass is 9.80. The Bertz CT molecular complexity index is 439. The van der Waals surface area contributed by atoms with Crippen LogP contribution in [0.15, 0.2) is 6.07 Å². The molecule has 0 radical (unpaired) electrons. The van der Waals surface area contributed by atoms with Crippen molar-refractivity contribution in [3.05, 3.63) is 23.0 Å². The van der Waals surface area contributed by atoms with Crippen molar-refractivity contribution < 1.29 is 0 Å². The molecule has 1 saturated heterocycles. The van der Waals surface area contributed by atoms with Crippen molar-refractivity contribution >= 4 is 0 Å². The molecule has 0 spiro atoms. The number of rotatable bonds is 5. The highest BCUT2D eigenvalue weighted by Gasteiger charge is 2.28. The molecule has 1 fully saturated rings. The third kappa shape index (κ3) is 3.44. The van der Waals surface area contributed by atoms with Gasteiger partial charge in [0.05, 0.1) is 0 Å². The number of likely N-dealkylation sites (tertiary alicyclic amines) is 1. The van der Waals surface area contributed by atoms with Gasteiger partial charge in [0.2, 0.25) is 0 Å². The first-order chi connectivity index (χ1) is 9.45. The van der Waals surface area contributed by atoms with Crippen molar-refractivity contribution in [3.63, 3.8) is 0 Å². The summed E-state index contributed by atoms with van der Waals surface area (Å²) in [5.41, 5.74) is 4.74. The summed E-state index contributed by atoms with van der Waals surface area (Å²) in [7, 11) is 2.23. The average Bonchev–Trinajstić information content (AvgIpc) is 2.68. The first kappa shape index (κ1) is 15.6. The maximum Gasteiger partial charge on any atom is 0.0223 e. The minimum Gasteiger partial charge on any atom is -0.349 e. The lowest BCUT2D eigenvalue weighted by molar-refractivity contribution is 0.137. The summed E-state index contributed by atoms with van der Waals surface area (Å²) in [6, 6.07) is 2.34. The smallest absolute Gasteiger partial charge is 0.0223 e. The lowest BCUT2D eigenvalue weighted by Crippen LogP contribution is -2.41. The molecule has 114 valence electrons. The highest BCUT2D eigenvalue weighted by molar-refractivity contribution is 5.26. The van der Waals surface area contributed by atoms with Crippen LogP contribution in [0.2, 0.25) is 0 Å². The first-order valence-electron chi connectivity index (χ1n) is 8.00. The van der Waals surface area contributed by atoms with Crippen molar-refractivity contribution in [1.29, 1.82) is 0 Å². The minimum absolute atomic E-state index is 0.475. The van der Waals surface area contributed by atoms with E-state index in [-0.39, 0.29) is 0 Å². The van der Waals surface area contributed by atoms with Crippen LogP contribution < -0.4 is 5.32 Å². The molecule has 1 aromatic heterocycles. The fraction of sp³-hybridized carbons (Fsp3) is 0.765. The Hall–Kier alpha value is -0.800. The molecule has 0 aromatic carbocycles. The van der Waals surface area contributed by atoms with Gasteiger partial charge in [0.25, 0.3) is 0 Å². The zero-order valence-electron chi connectivity index (χ0n) is 13.9. The standard InChI is InChI=1S/C17H31N3/c1-6-20-14(2)11-16(15(20)3)12-18-13-17(4)7-9-19(5)10-8-17/h11,18H,6-10,12-13H2,1-5H3. The van der Waals surface area contributed by atoms with Crippen LogP contribution in [0, 0.1) is 19.3 Å². The molecule has 1 aliphatic heterocycles. The van der Waals surface area contributed by atoms with Crippen LogP contribution >= 0.6 is 0 Å². The summed E-state index contributed by atoms with van der Waals surface area (Å²) < 4.78 is 2.40. The molecule has 1 N–H and O–H groups in total. The number of nitrogens with one attached hydrogen (secondary N) is 1. The molecule has 3 nitrogen and oxygen atoms in total. The van der Waals surface area contributed by atoms with E-state index in [0.717, 1.165) is 19.6 Å². The number of nitrogens with zero attached hydrogens (tertiary/aromatic N) is 2. The Labute approximate surface area is 124 Å². The quantitative estimate of drug-likeness (QED) is 0.893. The Morgan fingerprint density at radius 2 is 1.90 bits per heavy atom. The molecule has 2 heterocycles. The number of aromatic nitrogens is 1. The van der Waals surface area contributed by atoms with E-state index in [9.17, 15) is 0 Å². The molecule has 20 heavy (non-hydrogen) atoms. The molecule has 1 aliphatic rings. The van der Waals surface area contributed by atoms with Gasteiger partial charge in [0, 0.05) is 31.0 Å². The summed E-state index contributed by atoms with van der Waals surface area (Å²) in [5, 5.41) is 3.70. The van der Waals surface area contributed by atoms with Gasteiger partial charge in [0.1, 0.15) is 0 Å². The van der Waals surface area contributed by atoms with E-state index in [4.69, 9.17) is 0 Å². The fourth-order valence-electron chi connectivity index (χ4n) is 3.37. The molecule has 0 bridgehead atoms. The average molecular weight is 277 g/mol. The van der Waals surface area contributed by atoms with Crippen molar-refractivity contribution in [2.24, 2.45) is 5.41 Å². The second kappa shape index (κ2) is 6.31. The molecule has 0 saturated carbocycles. The molecular formula is C17H31N3. The Morgan fingerprint density at radius 3 is 2.45 bits per heavy atom. The molecule has 0 aliphatic carbocycles. The largest absolute Gasteiger partial charge is 0.349 e. The van der Waals surface area contributed by atoms with Crippen LogP contribution in [0.1, 0.15) is 43.6 Å². The topological polar surface area (TPSA) is 20.2 Å². The summed E-state index contributed by atoms with van der Waals surface area (Å²) in [4.78, 5) is 2.44. The van der Waals surface area contributed by atoms with E-state index in [0.29, 0.717) is 5.41 Å². The van der Waals surface area contributed by atoms with Crippen LogP contribution in [0.4, 0.5) is 0 Å². The van der Waals surface area contributed by atoms with Gasteiger partial charge in [-0.25, -0.2) is 0 Å². The van der Waals surface area contributed by atoms with Gasteiger partial charge in [-0.1, -0.05) is 6.92 Å². The van der Waals surface area contributed by atoms with E-state index >= 15 is 0 Å². The number of piperidine rings is 1. The van der Waals surface area contributed by atoms with E-state index in [2.05, 4.69) is 55.6 Å². The normalized spacial score (nSPS) is 19.4. The van der Waals surface area contributed by atoms with Gasteiger partial charge in [-0.3, -0.25) is 0 Å². The highest BCUT2D eigenvalue weighted by atomic mass is 15.1. The van der Waals surface area contributed by atoms with Crippen LogP contribution in [-0.4, -0.2) is 36.1 Å². The molecule has 0 unspecified atom stereocenters. The Kier molecular flexibility index (Phi) is 4.92. The summed E-state index contributed by atoms with van der Waals surface area (Å²) in [5.74, 6) is 0. The zero-order valence-corrected chi connectivity index (χ0v) is 13.9. The van der Waals surface area contributed by atoms with Gasteiger partial charge in [-0.2, -0.15) is 0 Å². The van der Waals surface area contributed by atoms with Crippen LogP contribution in [0.25, 0.3) is 0 Å². The van der Waals surface area contributed by atoms with Gasteiger partial charge >= 0.3 is 0 Å². The van der Waals surface area contributed by atoms with E-state index in [1.165, 1.54) is 42.9 Å². The molecule has 3 heteroatoms. The third-order valence-corrected chi connectivity index (χ3v) is 5.06. The van der Waals surface area contributed by atoms with E-state index in [1.807, 2.05) is 0 Å². The third-order valence-electron chi connectivity index (χ3n) is 5.06. The minimum atomic E-state index is 0.475. The van der Waals surface area contributed by atoms with Gasteiger partial charge in [-0.15, -0.1) is 0 Å². The monoisotopic (exact) mass is 277 g/mol. The molecular weight excluding hydrogens is 246 g/mol. The number of aryl methyl sites for hydroxylation is 1. The number of hydrogen-bond acceptors (Lipinski definition) is 2. The van der Waals surface area contributed by atoms with Gasteiger partial charge in [0.15, 0.2) is 0 Å². The Balaban J connectivity index is 1.87. The Morgan fingerprint density at radius 1 is 1.25 bits per heavy atom. The second-order valence-electron chi connectivity index (χ2n) is 6.86. The maximum atomic E-state index is 3.70. The molecule has 1 aromatic rings. The molecule has 2 rings (SSSR count).